The predicted octanol–water partition coefficient (Wildman–Crippen LogP) is 2.44. The molecule has 2 aromatic rings. The van der Waals surface area contributed by atoms with E-state index in [1.807, 2.05) is 0 Å². The number of thiazole rings is 1. The molecule has 20 heavy (non-hydrogen) atoms. The van der Waals surface area contributed by atoms with Gasteiger partial charge in [0.25, 0.3) is 0 Å². The van der Waals surface area contributed by atoms with Gasteiger partial charge in [0, 0.05) is 12.2 Å². The lowest BCUT2D eigenvalue weighted by atomic mass is 9.85. The van der Waals surface area contributed by atoms with Gasteiger partial charge >= 0.3 is 0 Å². The van der Waals surface area contributed by atoms with E-state index in [9.17, 15) is 13.2 Å². The molecule has 1 aliphatic rings. The zero-order valence-electron chi connectivity index (χ0n) is 10.9. The smallest absolute Gasteiger partial charge is 0.229 e. The Morgan fingerprint density at radius 3 is 2.75 bits per heavy atom. The van der Waals surface area contributed by atoms with Crippen molar-refractivity contribution in [2.75, 3.05) is 11.6 Å². The van der Waals surface area contributed by atoms with Gasteiger partial charge in [-0.15, -0.1) is 0 Å². The standard InChI is InChI=1S/C13H14N2O3S2/c1-20(17,18)9-5-6-10-11(7-9)19-13(14-10)15-12(16)8-3-2-4-8/h5-8H,2-4H2,1H3,(H,14,15,16). The monoisotopic (exact) mass is 310 g/mol. The first-order valence-corrected chi connectivity index (χ1v) is 9.06. The fourth-order valence-electron chi connectivity index (χ4n) is 2.07. The lowest BCUT2D eigenvalue weighted by Gasteiger charge is -2.23. The van der Waals surface area contributed by atoms with Gasteiger partial charge in [0.2, 0.25) is 5.91 Å². The van der Waals surface area contributed by atoms with Gasteiger partial charge in [-0.3, -0.25) is 4.79 Å². The molecule has 106 valence electrons. The molecule has 1 amide bonds. The van der Waals surface area contributed by atoms with Crippen molar-refractivity contribution in [1.82, 2.24) is 4.98 Å². The minimum Gasteiger partial charge on any atom is -0.302 e. The molecule has 0 aliphatic heterocycles. The van der Waals surface area contributed by atoms with Crippen LogP contribution < -0.4 is 5.32 Å². The van der Waals surface area contributed by atoms with Crippen LogP contribution in [-0.2, 0) is 14.6 Å². The van der Waals surface area contributed by atoms with Crippen LogP contribution >= 0.6 is 11.3 Å². The summed E-state index contributed by atoms with van der Waals surface area (Å²) in [5.74, 6) is 0.118. The molecule has 0 spiro atoms. The Morgan fingerprint density at radius 1 is 1.40 bits per heavy atom. The molecule has 0 saturated heterocycles. The van der Waals surface area contributed by atoms with E-state index in [2.05, 4.69) is 10.3 Å². The normalized spacial score (nSPS) is 16.1. The maximum atomic E-state index is 11.9. The number of sulfone groups is 1. The number of rotatable bonds is 3. The summed E-state index contributed by atoms with van der Waals surface area (Å²) in [5, 5.41) is 3.34. The summed E-state index contributed by atoms with van der Waals surface area (Å²) < 4.78 is 23.8. The van der Waals surface area contributed by atoms with Crippen LogP contribution in [-0.4, -0.2) is 25.6 Å². The van der Waals surface area contributed by atoms with Gasteiger partial charge in [-0.25, -0.2) is 13.4 Å². The summed E-state index contributed by atoms with van der Waals surface area (Å²) in [7, 11) is -3.22. The van der Waals surface area contributed by atoms with E-state index in [4.69, 9.17) is 0 Å². The average Bonchev–Trinajstić information content (AvgIpc) is 2.65. The van der Waals surface area contributed by atoms with Crippen molar-refractivity contribution in [3.05, 3.63) is 18.2 Å². The van der Waals surface area contributed by atoms with Gasteiger partial charge < -0.3 is 5.32 Å². The average molecular weight is 310 g/mol. The molecule has 1 fully saturated rings. The van der Waals surface area contributed by atoms with Crippen LogP contribution in [0.4, 0.5) is 5.13 Å². The number of amides is 1. The zero-order chi connectivity index (χ0) is 14.3. The number of hydrogen-bond donors (Lipinski definition) is 1. The second kappa shape index (κ2) is 4.82. The molecule has 0 radical (unpaired) electrons. The molecule has 1 aromatic heterocycles. The van der Waals surface area contributed by atoms with Crippen molar-refractivity contribution in [3.63, 3.8) is 0 Å². The van der Waals surface area contributed by atoms with Crippen LogP contribution in [0.15, 0.2) is 23.1 Å². The number of hydrogen-bond acceptors (Lipinski definition) is 5. The van der Waals surface area contributed by atoms with Gasteiger partial charge in [-0.05, 0) is 31.0 Å². The van der Waals surface area contributed by atoms with E-state index in [0.717, 1.165) is 24.0 Å². The minimum absolute atomic E-state index is 0.0126. The van der Waals surface area contributed by atoms with Gasteiger partial charge in [0.05, 0.1) is 15.1 Å². The molecule has 7 heteroatoms. The number of anilines is 1. The van der Waals surface area contributed by atoms with Crippen LogP contribution in [0.1, 0.15) is 19.3 Å². The lowest BCUT2D eigenvalue weighted by molar-refractivity contribution is -0.122. The molecular formula is C13H14N2O3S2. The maximum Gasteiger partial charge on any atom is 0.229 e. The highest BCUT2D eigenvalue weighted by Gasteiger charge is 2.25. The van der Waals surface area contributed by atoms with E-state index in [1.54, 1.807) is 12.1 Å². The predicted molar refractivity (Wildman–Crippen MR) is 78.7 cm³/mol. The highest BCUT2D eigenvalue weighted by atomic mass is 32.2. The molecule has 1 saturated carbocycles. The quantitative estimate of drug-likeness (QED) is 0.944. The first-order chi connectivity index (χ1) is 9.43. The second-order valence-corrected chi connectivity index (χ2v) is 8.08. The second-order valence-electron chi connectivity index (χ2n) is 5.04. The minimum atomic E-state index is -3.22. The van der Waals surface area contributed by atoms with Crippen LogP contribution in [0.2, 0.25) is 0 Å². The molecule has 0 bridgehead atoms. The molecule has 1 N–H and O–H groups in total. The third-order valence-electron chi connectivity index (χ3n) is 3.49. The molecule has 0 unspecified atom stereocenters. The van der Waals surface area contributed by atoms with Crippen molar-refractivity contribution in [1.29, 1.82) is 0 Å². The topological polar surface area (TPSA) is 76.1 Å². The van der Waals surface area contributed by atoms with Crippen LogP contribution in [0.3, 0.4) is 0 Å². The Hall–Kier alpha value is -1.47. The first-order valence-electron chi connectivity index (χ1n) is 6.35. The number of carbonyl (C=O) groups excluding carboxylic acids is 1. The van der Waals surface area contributed by atoms with E-state index in [-0.39, 0.29) is 16.7 Å². The highest BCUT2D eigenvalue weighted by molar-refractivity contribution is 7.90. The van der Waals surface area contributed by atoms with Gasteiger partial charge in [0.15, 0.2) is 15.0 Å². The van der Waals surface area contributed by atoms with Crippen molar-refractivity contribution < 1.29 is 13.2 Å². The Balaban J connectivity index is 1.88. The molecule has 1 aromatic carbocycles. The van der Waals surface area contributed by atoms with E-state index >= 15 is 0 Å². The van der Waals surface area contributed by atoms with Gasteiger partial charge in [-0.2, -0.15) is 0 Å². The molecule has 1 heterocycles. The van der Waals surface area contributed by atoms with Crippen molar-refractivity contribution in [3.8, 4) is 0 Å². The summed E-state index contributed by atoms with van der Waals surface area (Å²) in [4.78, 5) is 16.4. The molecule has 3 rings (SSSR count). The van der Waals surface area contributed by atoms with Crippen LogP contribution in [0.25, 0.3) is 10.2 Å². The number of nitrogens with zero attached hydrogens (tertiary/aromatic N) is 1. The van der Waals surface area contributed by atoms with Crippen molar-refractivity contribution in [2.45, 2.75) is 24.2 Å². The Bertz CT molecular complexity index is 776. The third-order valence-corrected chi connectivity index (χ3v) is 5.54. The zero-order valence-corrected chi connectivity index (χ0v) is 12.6. The summed E-state index contributed by atoms with van der Waals surface area (Å²) in [6, 6.07) is 4.80. The van der Waals surface area contributed by atoms with Crippen LogP contribution in [0, 0.1) is 5.92 Å². The van der Waals surface area contributed by atoms with E-state index < -0.39 is 9.84 Å². The van der Waals surface area contributed by atoms with Gasteiger partial charge in [0.1, 0.15) is 0 Å². The van der Waals surface area contributed by atoms with Crippen molar-refractivity contribution >= 4 is 42.4 Å². The van der Waals surface area contributed by atoms with Crippen LogP contribution in [0.5, 0.6) is 0 Å². The maximum absolute atomic E-state index is 11.9. The fraction of sp³-hybridized carbons (Fsp3) is 0.385. The Kier molecular flexibility index (Phi) is 3.25. The Labute approximate surface area is 120 Å². The molecule has 5 nitrogen and oxygen atoms in total. The number of nitrogens with one attached hydrogen (secondary N) is 1. The third kappa shape index (κ3) is 2.55. The number of fused-ring (bicyclic) bond motifs is 1. The van der Waals surface area contributed by atoms with E-state index in [0.29, 0.717) is 10.6 Å². The highest BCUT2D eigenvalue weighted by Crippen LogP contribution is 2.31. The summed E-state index contributed by atoms with van der Waals surface area (Å²) in [6.45, 7) is 0. The largest absolute Gasteiger partial charge is 0.302 e. The van der Waals surface area contributed by atoms with Gasteiger partial charge in [-0.1, -0.05) is 17.8 Å². The fourth-order valence-corrected chi connectivity index (χ4v) is 3.70. The number of benzene rings is 1. The molecule has 0 atom stereocenters. The molecule has 1 aliphatic carbocycles. The number of carbonyl (C=O) groups is 1. The summed E-state index contributed by atoms with van der Waals surface area (Å²) in [5.41, 5.74) is 0.700. The van der Waals surface area contributed by atoms with Crippen molar-refractivity contribution in [2.24, 2.45) is 5.92 Å². The summed E-state index contributed by atoms with van der Waals surface area (Å²) in [6.07, 6.45) is 4.16. The lowest BCUT2D eigenvalue weighted by Crippen LogP contribution is -2.27. The first kappa shape index (κ1) is 13.5. The number of aromatic nitrogens is 1. The molecular weight excluding hydrogens is 296 g/mol. The Morgan fingerprint density at radius 2 is 2.15 bits per heavy atom. The van der Waals surface area contributed by atoms with E-state index in [1.165, 1.54) is 23.7 Å². The SMILES string of the molecule is CS(=O)(=O)c1ccc2nc(NC(=O)C3CCC3)sc2c1. The summed E-state index contributed by atoms with van der Waals surface area (Å²) >= 11 is 1.30.